The van der Waals surface area contributed by atoms with Crippen molar-refractivity contribution in [1.82, 2.24) is 5.32 Å². The van der Waals surface area contributed by atoms with Crippen LogP contribution in [0.1, 0.15) is 25.0 Å². The Morgan fingerprint density at radius 3 is 2.55 bits per heavy atom. The number of rotatable bonds is 6. The van der Waals surface area contributed by atoms with E-state index in [0.717, 1.165) is 23.3 Å². The van der Waals surface area contributed by atoms with Crippen molar-refractivity contribution in [2.45, 2.75) is 32.9 Å². The summed E-state index contributed by atoms with van der Waals surface area (Å²) >= 11 is 0. The van der Waals surface area contributed by atoms with Gasteiger partial charge in [0.2, 0.25) is 0 Å². The van der Waals surface area contributed by atoms with E-state index in [1.807, 2.05) is 31.2 Å². The maximum Gasteiger partial charge on any atom is 0.261 e. The molecule has 116 valence electrons. The molecular weight excluding hydrogens is 281 g/mol. The van der Waals surface area contributed by atoms with Gasteiger partial charge in [0.25, 0.3) is 5.91 Å². The van der Waals surface area contributed by atoms with Gasteiger partial charge < -0.3 is 10.1 Å². The summed E-state index contributed by atoms with van der Waals surface area (Å²) < 4.78 is 18.6. The lowest BCUT2D eigenvalue weighted by molar-refractivity contribution is -0.127. The fourth-order valence-electron chi connectivity index (χ4n) is 2.09. The summed E-state index contributed by atoms with van der Waals surface area (Å²) in [5.41, 5.74) is 1.91. The summed E-state index contributed by atoms with van der Waals surface area (Å²) in [6.07, 6.45) is 0.258. The average molecular weight is 301 g/mol. The number of para-hydroxylation sites is 1. The predicted octanol–water partition coefficient (Wildman–Crippen LogP) is 3.47. The highest BCUT2D eigenvalue weighted by atomic mass is 19.1. The number of halogens is 1. The maximum absolute atomic E-state index is 12.8. The first-order valence-corrected chi connectivity index (χ1v) is 7.37. The van der Waals surface area contributed by atoms with Crippen LogP contribution in [-0.4, -0.2) is 12.0 Å². The van der Waals surface area contributed by atoms with Crippen molar-refractivity contribution in [3.05, 3.63) is 65.5 Å². The standard InChI is InChI=1S/C18H20FNO2/c1-3-15-6-4-5-7-17(15)22-13(2)18(21)20-12-14-8-10-16(19)11-9-14/h4-11,13H,3,12H2,1-2H3,(H,20,21)/t13-/m0/s1. The Morgan fingerprint density at radius 2 is 1.86 bits per heavy atom. The van der Waals surface area contributed by atoms with Crippen LogP contribution in [-0.2, 0) is 17.8 Å². The molecular formula is C18H20FNO2. The second-order valence-corrected chi connectivity index (χ2v) is 5.07. The van der Waals surface area contributed by atoms with Gasteiger partial charge in [0.05, 0.1) is 0 Å². The van der Waals surface area contributed by atoms with Crippen LogP contribution >= 0.6 is 0 Å². The summed E-state index contributed by atoms with van der Waals surface area (Å²) in [6.45, 7) is 4.11. The molecule has 1 N–H and O–H groups in total. The molecule has 2 aromatic rings. The largest absolute Gasteiger partial charge is 0.481 e. The fourth-order valence-corrected chi connectivity index (χ4v) is 2.09. The summed E-state index contributed by atoms with van der Waals surface area (Å²) in [5, 5.41) is 2.79. The van der Waals surface area contributed by atoms with Gasteiger partial charge in [0, 0.05) is 6.54 Å². The first kappa shape index (κ1) is 16.0. The molecule has 22 heavy (non-hydrogen) atoms. The molecule has 3 nitrogen and oxygen atoms in total. The van der Waals surface area contributed by atoms with Gasteiger partial charge in [-0.1, -0.05) is 37.3 Å². The minimum absolute atomic E-state index is 0.199. The topological polar surface area (TPSA) is 38.3 Å². The molecule has 0 aliphatic heterocycles. The van der Waals surface area contributed by atoms with Gasteiger partial charge in [-0.2, -0.15) is 0 Å². The second kappa shape index (κ2) is 7.59. The third-order valence-corrected chi connectivity index (χ3v) is 3.41. The van der Waals surface area contributed by atoms with Gasteiger partial charge in [0.15, 0.2) is 6.10 Å². The summed E-state index contributed by atoms with van der Waals surface area (Å²) in [4.78, 5) is 12.1. The van der Waals surface area contributed by atoms with E-state index < -0.39 is 6.10 Å². The van der Waals surface area contributed by atoms with Crippen molar-refractivity contribution in [2.75, 3.05) is 0 Å². The SMILES string of the molecule is CCc1ccccc1O[C@@H](C)C(=O)NCc1ccc(F)cc1. The lowest BCUT2D eigenvalue weighted by atomic mass is 10.1. The predicted molar refractivity (Wildman–Crippen MR) is 84.2 cm³/mol. The van der Waals surface area contributed by atoms with E-state index >= 15 is 0 Å². The molecule has 4 heteroatoms. The highest BCUT2D eigenvalue weighted by Gasteiger charge is 2.15. The molecule has 0 fully saturated rings. The van der Waals surface area contributed by atoms with E-state index in [9.17, 15) is 9.18 Å². The Bertz CT molecular complexity index is 625. The number of benzene rings is 2. The molecule has 0 bridgehead atoms. The summed E-state index contributed by atoms with van der Waals surface area (Å²) in [5.74, 6) is 0.243. The number of ether oxygens (including phenoxy) is 1. The molecule has 2 rings (SSSR count). The van der Waals surface area contributed by atoms with E-state index in [1.54, 1.807) is 19.1 Å². The molecule has 0 aliphatic rings. The minimum atomic E-state index is -0.590. The smallest absolute Gasteiger partial charge is 0.261 e. The lowest BCUT2D eigenvalue weighted by Gasteiger charge is -2.17. The van der Waals surface area contributed by atoms with Gasteiger partial charge in [-0.3, -0.25) is 4.79 Å². The number of hydrogen-bond donors (Lipinski definition) is 1. The van der Waals surface area contributed by atoms with Crippen molar-refractivity contribution < 1.29 is 13.9 Å². The van der Waals surface area contributed by atoms with E-state index in [2.05, 4.69) is 5.32 Å². The third-order valence-electron chi connectivity index (χ3n) is 3.41. The van der Waals surface area contributed by atoms with Gasteiger partial charge in [0.1, 0.15) is 11.6 Å². The normalized spacial score (nSPS) is 11.8. The highest BCUT2D eigenvalue weighted by molar-refractivity contribution is 5.80. The zero-order chi connectivity index (χ0) is 15.9. The van der Waals surface area contributed by atoms with Crippen LogP contribution in [0.15, 0.2) is 48.5 Å². The number of aryl methyl sites for hydroxylation is 1. The second-order valence-electron chi connectivity index (χ2n) is 5.07. The molecule has 0 radical (unpaired) electrons. The zero-order valence-corrected chi connectivity index (χ0v) is 12.8. The molecule has 0 aliphatic carbocycles. The number of carbonyl (C=O) groups is 1. The first-order valence-electron chi connectivity index (χ1n) is 7.37. The monoisotopic (exact) mass is 301 g/mol. The van der Waals surface area contributed by atoms with Crippen LogP contribution in [0.5, 0.6) is 5.75 Å². The van der Waals surface area contributed by atoms with Crippen molar-refractivity contribution in [3.8, 4) is 5.75 Å². The van der Waals surface area contributed by atoms with E-state index in [1.165, 1.54) is 12.1 Å². The minimum Gasteiger partial charge on any atom is -0.481 e. The molecule has 2 aromatic carbocycles. The molecule has 0 unspecified atom stereocenters. The number of amides is 1. The molecule has 1 atom stereocenters. The summed E-state index contributed by atoms with van der Waals surface area (Å²) in [7, 11) is 0. The van der Waals surface area contributed by atoms with Crippen LogP contribution in [0.4, 0.5) is 4.39 Å². The Kier molecular flexibility index (Phi) is 5.53. The van der Waals surface area contributed by atoms with Crippen LogP contribution in [0.2, 0.25) is 0 Å². The van der Waals surface area contributed by atoms with E-state index in [0.29, 0.717) is 6.54 Å². The van der Waals surface area contributed by atoms with Gasteiger partial charge in [-0.05, 0) is 42.7 Å². The molecule has 0 saturated carbocycles. The Morgan fingerprint density at radius 1 is 1.18 bits per heavy atom. The molecule has 0 heterocycles. The van der Waals surface area contributed by atoms with Crippen molar-refractivity contribution in [2.24, 2.45) is 0 Å². The van der Waals surface area contributed by atoms with Crippen molar-refractivity contribution in [3.63, 3.8) is 0 Å². The van der Waals surface area contributed by atoms with Crippen LogP contribution in [0.25, 0.3) is 0 Å². The lowest BCUT2D eigenvalue weighted by Crippen LogP contribution is -2.36. The number of hydrogen-bond acceptors (Lipinski definition) is 2. The molecule has 1 amide bonds. The first-order chi connectivity index (χ1) is 10.6. The molecule has 0 aromatic heterocycles. The number of nitrogens with one attached hydrogen (secondary N) is 1. The van der Waals surface area contributed by atoms with Crippen molar-refractivity contribution >= 4 is 5.91 Å². The molecule has 0 spiro atoms. The third kappa shape index (κ3) is 4.32. The van der Waals surface area contributed by atoms with Gasteiger partial charge >= 0.3 is 0 Å². The maximum atomic E-state index is 12.8. The van der Waals surface area contributed by atoms with E-state index in [-0.39, 0.29) is 11.7 Å². The van der Waals surface area contributed by atoms with Gasteiger partial charge in [-0.15, -0.1) is 0 Å². The van der Waals surface area contributed by atoms with Gasteiger partial charge in [-0.25, -0.2) is 4.39 Å². The van der Waals surface area contributed by atoms with Crippen molar-refractivity contribution in [1.29, 1.82) is 0 Å². The van der Waals surface area contributed by atoms with Crippen LogP contribution < -0.4 is 10.1 Å². The van der Waals surface area contributed by atoms with Crippen LogP contribution in [0.3, 0.4) is 0 Å². The highest BCUT2D eigenvalue weighted by Crippen LogP contribution is 2.19. The Labute approximate surface area is 130 Å². The fraction of sp³-hybridized carbons (Fsp3) is 0.278. The number of carbonyl (C=O) groups excluding carboxylic acids is 1. The average Bonchev–Trinajstić information content (AvgIpc) is 2.54. The Hall–Kier alpha value is -2.36. The zero-order valence-electron chi connectivity index (χ0n) is 12.8. The molecule has 0 saturated heterocycles. The van der Waals surface area contributed by atoms with Crippen LogP contribution in [0, 0.1) is 5.82 Å². The quantitative estimate of drug-likeness (QED) is 0.887. The summed E-state index contributed by atoms with van der Waals surface area (Å²) in [6, 6.07) is 13.7. The Balaban J connectivity index is 1.90. The van der Waals surface area contributed by atoms with E-state index in [4.69, 9.17) is 4.74 Å².